The lowest BCUT2D eigenvalue weighted by atomic mass is 10.0. The third-order valence-corrected chi connectivity index (χ3v) is 7.25. The minimum atomic E-state index is -0.149. The third-order valence-electron chi connectivity index (χ3n) is 6.93. The van der Waals surface area contributed by atoms with Gasteiger partial charge in [-0.2, -0.15) is 0 Å². The molecule has 0 amide bonds. The minimum Gasteiger partial charge on any atom is -0.497 e. The number of nitrogens with one attached hydrogen (secondary N) is 1. The van der Waals surface area contributed by atoms with Crippen molar-refractivity contribution in [2.75, 3.05) is 12.0 Å². The topological polar surface area (TPSA) is 51.5 Å². The van der Waals surface area contributed by atoms with Crippen LogP contribution in [0, 0.1) is 6.92 Å². The molecule has 0 unspecified atom stereocenters. The first-order chi connectivity index (χ1) is 19.1. The molecule has 3 heterocycles. The number of rotatable bonds is 7. The summed E-state index contributed by atoms with van der Waals surface area (Å²) in [4.78, 5) is 6.87. The second-order valence-corrected chi connectivity index (χ2v) is 9.73. The average molecular weight is 533 g/mol. The fourth-order valence-electron chi connectivity index (χ4n) is 5.11. The van der Waals surface area contributed by atoms with Gasteiger partial charge in [0.25, 0.3) is 0 Å². The number of thiocarbonyl (C=S) groups is 1. The van der Waals surface area contributed by atoms with Crippen molar-refractivity contribution >= 4 is 23.0 Å². The molecule has 1 aliphatic heterocycles. The van der Waals surface area contributed by atoms with Crippen LogP contribution in [0.1, 0.15) is 29.2 Å². The van der Waals surface area contributed by atoms with Crippen LogP contribution in [0.5, 0.6) is 17.2 Å². The largest absolute Gasteiger partial charge is 0.497 e. The number of aryl methyl sites for hydroxylation is 1. The lowest BCUT2D eigenvalue weighted by molar-refractivity contribution is 0.414. The van der Waals surface area contributed by atoms with Crippen molar-refractivity contribution in [1.29, 1.82) is 0 Å². The van der Waals surface area contributed by atoms with Crippen LogP contribution in [0.15, 0.2) is 115 Å². The maximum Gasteiger partial charge on any atom is 0.174 e. The zero-order valence-corrected chi connectivity index (χ0v) is 22.5. The normalized spacial score (nSPS) is 16.7. The van der Waals surface area contributed by atoms with E-state index in [1.807, 2.05) is 91.1 Å². The number of aromatic nitrogens is 2. The van der Waals surface area contributed by atoms with Crippen molar-refractivity contribution in [3.63, 3.8) is 0 Å². The summed E-state index contributed by atoms with van der Waals surface area (Å²) in [5, 5.41) is 4.20. The van der Waals surface area contributed by atoms with E-state index in [-0.39, 0.29) is 12.1 Å². The summed E-state index contributed by atoms with van der Waals surface area (Å²) in [5.41, 5.74) is 5.18. The number of nitrogens with zero attached hydrogens (tertiary/aromatic N) is 3. The molecular formula is C32H28N4O2S. The molecule has 6 rings (SSSR count). The zero-order valence-electron chi connectivity index (χ0n) is 21.7. The van der Waals surface area contributed by atoms with Crippen LogP contribution in [0.25, 0.3) is 5.69 Å². The van der Waals surface area contributed by atoms with Crippen molar-refractivity contribution < 1.29 is 9.47 Å². The molecule has 0 aliphatic carbocycles. The van der Waals surface area contributed by atoms with Crippen LogP contribution in [-0.4, -0.2) is 21.8 Å². The van der Waals surface area contributed by atoms with Gasteiger partial charge in [0, 0.05) is 29.0 Å². The summed E-state index contributed by atoms with van der Waals surface area (Å²) in [5.74, 6) is 2.38. The van der Waals surface area contributed by atoms with Gasteiger partial charge in [0.15, 0.2) is 5.11 Å². The third kappa shape index (κ3) is 4.84. The molecule has 3 aromatic carbocycles. The SMILES string of the molecule is COc1ccc(-n2c(C)ccc2[C@@H]2[C@@H](c3ccccn3)NC(=S)N2c2ccc(Oc3ccccc3)cc2)cc1. The van der Waals surface area contributed by atoms with E-state index in [0.29, 0.717) is 5.11 Å². The van der Waals surface area contributed by atoms with Crippen LogP contribution in [0.3, 0.4) is 0 Å². The maximum absolute atomic E-state index is 6.03. The number of methoxy groups -OCH3 is 1. The molecule has 0 bridgehead atoms. The number of pyridine rings is 1. The van der Waals surface area contributed by atoms with Crippen molar-refractivity contribution in [3.8, 4) is 22.9 Å². The summed E-state index contributed by atoms with van der Waals surface area (Å²) in [6.07, 6.45) is 1.82. The Balaban J connectivity index is 1.42. The first-order valence-corrected chi connectivity index (χ1v) is 13.2. The summed E-state index contributed by atoms with van der Waals surface area (Å²) >= 11 is 5.94. The van der Waals surface area contributed by atoms with E-state index in [9.17, 15) is 0 Å². The second kappa shape index (κ2) is 10.6. The molecule has 7 heteroatoms. The quantitative estimate of drug-likeness (QED) is 0.225. The monoisotopic (exact) mass is 532 g/mol. The number of ether oxygens (including phenoxy) is 2. The predicted octanol–water partition coefficient (Wildman–Crippen LogP) is 7.16. The Kier molecular flexibility index (Phi) is 6.73. The average Bonchev–Trinajstić information content (AvgIpc) is 3.53. The molecule has 5 aromatic rings. The van der Waals surface area contributed by atoms with Gasteiger partial charge in [0.2, 0.25) is 0 Å². The Morgan fingerprint density at radius 3 is 2.10 bits per heavy atom. The highest BCUT2D eigenvalue weighted by atomic mass is 32.1. The molecule has 1 saturated heterocycles. The first-order valence-electron chi connectivity index (χ1n) is 12.8. The summed E-state index contributed by atoms with van der Waals surface area (Å²) in [6, 6.07) is 35.9. The Bertz CT molecular complexity index is 1570. The van der Waals surface area contributed by atoms with Crippen molar-refractivity contribution in [2.45, 2.75) is 19.0 Å². The van der Waals surface area contributed by atoms with Crippen LogP contribution in [0.2, 0.25) is 0 Å². The molecule has 1 aliphatic rings. The Morgan fingerprint density at radius 1 is 0.744 bits per heavy atom. The summed E-state index contributed by atoms with van der Waals surface area (Å²) < 4.78 is 13.7. The molecule has 0 radical (unpaired) electrons. The molecule has 0 spiro atoms. The van der Waals surface area contributed by atoms with Gasteiger partial charge in [-0.15, -0.1) is 0 Å². The highest BCUT2D eigenvalue weighted by Gasteiger charge is 2.42. The van der Waals surface area contributed by atoms with Crippen LogP contribution < -0.4 is 19.7 Å². The number of hydrogen-bond donors (Lipinski definition) is 1. The van der Waals surface area contributed by atoms with Gasteiger partial charge in [-0.3, -0.25) is 4.98 Å². The zero-order chi connectivity index (χ0) is 26.8. The van der Waals surface area contributed by atoms with Gasteiger partial charge in [-0.1, -0.05) is 24.3 Å². The smallest absolute Gasteiger partial charge is 0.174 e. The lowest BCUT2D eigenvalue weighted by Crippen LogP contribution is -2.30. The fourth-order valence-corrected chi connectivity index (χ4v) is 5.45. The molecule has 0 saturated carbocycles. The molecule has 2 atom stereocenters. The van der Waals surface area contributed by atoms with E-state index in [0.717, 1.165) is 45.7 Å². The van der Waals surface area contributed by atoms with Crippen LogP contribution in [-0.2, 0) is 0 Å². The van der Waals surface area contributed by atoms with Crippen LogP contribution in [0.4, 0.5) is 5.69 Å². The molecule has 1 fully saturated rings. The van der Waals surface area contributed by atoms with E-state index in [1.165, 1.54) is 0 Å². The van der Waals surface area contributed by atoms with Gasteiger partial charge in [0.1, 0.15) is 23.3 Å². The first kappa shape index (κ1) is 24.7. The Morgan fingerprint density at radius 2 is 1.41 bits per heavy atom. The number of anilines is 1. The van der Waals surface area contributed by atoms with E-state index in [4.69, 9.17) is 26.7 Å². The standard InChI is InChI=1S/C32H28N4O2S/c1-22-11-20-29(35(22)23-12-16-25(37-2)17-13-23)31-30(28-10-6-7-21-33-28)34-32(39)36(31)24-14-18-27(19-15-24)38-26-8-4-3-5-9-26/h3-21,30-31H,1-2H3,(H,34,39)/t30-,31-/m1/s1. The molecule has 1 N–H and O–H groups in total. The molecule has 39 heavy (non-hydrogen) atoms. The Labute approximate surface area is 233 Å². The van der Waals surface area contributed by atoms with Crippen molar-refractivity contribution in [3.05, 3.63) is 132 Å². The van der Waals surface area contributed by atoms with E-state index < -0.39 is 0 Å². The number of benzene rings is 3. The highest BCUT2D eigenvalue weighted by molar-refractivity contribution is 7.80. The van der Waals surface area contributed by atoms with E-state index >= 15 is 0 Å². The fraction of sp³-hybridized carbons (Fsp3) is 0.125. The van der Waals surface area contributed by atoms with Crippen LogP contribution >= 0.6 is 12.2 Å². The molecule has 194 valence electrons. The van der Waals surface area contributed by atoms with Gasteiger partial charge in [-0.25, -0.2) is 0 Å². The van der Waals surface area contributed by atoms with Crippen molar-refractivity contribution in [2.24, 2.45) is 0 Å². The summed E-state index contributed by atoms with van der Waals surface area (Å²) in [6.45, 7) is 2.12. The second-order valence-electron chi connectivity index (χ2n) is 9.34. The van der Waals surface area contributed by atoms with E-state index in [1.54, 1.807) is 7.11 Å². The minimum absolute atomic E-state index is 0.148. The van der Waals surface area contributed by atoms with E-state index in [2.05, 4.69) is 46.0 Å². The number of para-hydroxylation sites is 1. The highest BCUT2D eigenvalue weighted by Crippen LogP contribution is 2.43. The maximum atomic E-state index is 6.03. The van der Waals surface area contributed by atoms with Gasteiger partial charge in [0.05, 0.1) is 18.8 Å². The molecule has 2 aromatic heterocycles. The van der Waals surface area contributed by atoms with Crippen molar-refractivity contribution in [1.82, 2.24) is 14.9 Å². The molecular weight excluding hydrogens is 504 g/mol. The molecule has 6 nitrogen and oxygen atoms in total. The van der Waals surface area contributed by atoms with Gasteiger partial charge < -0.3 is 24.3 Å². The number of hydrogen-bond acceptors (Lipinski definition) is 4. The Hall–Kier alpha value is -4.62. The van der Waals surface area contributed by atoms with Gasteiger partial charge in [-0.05, 0) is 104 Å². The predicted molar refractivity (Wildman–Crippen MR) is 158 cm³/mol. The van der Waals surface area contributed by atoms with Gasteiger partial charge >= 0.3 is 0 Å². The lowest BCUT2D eigenvalue weighted by Gasteiger charge is -2.29. The summed E-state index contributed by atoms with van der Waals surface area (Å²) in [7, 11) is 1.68.